The van der Waals surface area contributed by atoms with Gasteiger partial charge in [0.1, 0.15) is 5.56 Å². The molecule has 132 valence electrons. The number of hydrogen-bond acceptors (Lipinski definition) is 5. The summed E-state index contributed by atoms with van der Waals surface area (Å²) in [4.78, 5) is 28.5. The van der Waals surface area contributed by atoms with Gasteiger partial charge >= 0.3 is 5.97 Å². The zero-order chi connectivity index (χ0) is 17.7. The summed E-state index contributed by atoms with van der Waals surface area (Å²) in [5, 5.41) is 9.74. The van der Waals surface area contributed by atoms with Crippen LogP contribution in [0.1, 0.15) is 29.2 Å². The number of aromatic carboxylic acids is 1. The second-order valence-electron chi connectivity index (χ2n) is 7.03. The van der Waals surface area contributed by atoms with Crippen LogP contribution in [0.25, 0.3) is 10.9 Å². The molecule has 2 aliphatic rings. The highest BCUT2D eigenvalue weighted by Gasteiger charge is 2.28. The Bertz CT molecular complexity index is 909. The maximum absolute atomic E-state index is 12.6. The van der Waals surface area contributed by atoms with Gasteiger partial charge in [0.25, 0.3) is 0 Å². The molecule has 4 rings (SSSR count). The van der Waals surface area contributed by atoms with Crippen LogP contribution in [0.5, 0.6) is 0 Å². The van der Waals surface area contributed by atoms with E-state index in [-0.39, 0.29) is 11.6 Å². The van der Waals surface area contributed by atoms with Crippen LogP contribution in [0, 0.1) is 0 Å². The number of hydrogen-bond donors (Lipinski definition) is 2. The van der Waals surface area contributed by atoms with Gasteiger partial charge in [-0.25, -0.2) is 4.79 Å². The van der Waals surface area contributed by atoms with Crippen molar-refractivity contribution >= 4 is 28.2 Å². The van der Waals surface area contributed by atoms with Crippen LogP contribution in [0.4, 0.5) is 11.4 Å². The maximum atomic E-state index is 12.6. The minimum Gasteiger partial charge on any atom is -0.477 e. The maximum Gasteiger partial charge on any atom is 0.341 e. The standard InChI is InChI=1S/C18H22N4O3/c1-20-4-6-21(7-5-20)16-9-15-12(8-14(16)19)17(23)13(18(24)25)10-22(15)11-2-3-11/h8-11H,2-7,19H2,1H3,(H,24,25). The first-order chi connectivity index (χ1) is 12.0. The predicted octanol–water partition coefficient (Wildman–Crippen LogP) is 1.37. The lowest BCUT2D eigenvalue weighted by atomic mass is 10.1. The number of aromatic nitrogens is 1. The lowest BCUT2D eigenvalue weighted by molar-refractivity contribution is 0.0695. The molecule has 0 amide bonds. The summed E-state index contributed by atoms with van der Waals surface area (Å²) in [5.41, 5.74) is 7.82. The highest BCUT2D eigenvalue weighted by Crippen LogP contribution is 2.38. The fraction of sp³-hybridized carbons (Fsp3) is 0.444. The number of nitrogens with zero attached hydrogens (tertiary/aromatic N) is 3. The number of carboxylic acid groups (broad SMARTS) is 1. The fourth-order valence-corrected chi connectivity index (χ4v) is 3.53. The SMILES string of the molecule is CN1CCN(c2cc3c(cc2N)c(=O)c(C(=O)O)cn3C2CC2)CC1. The van der Waals surface area contributed by atoms with Crippen molar-refractivity contribution in [1.82, 2.24) is 9.47 Å². The quantitative estimate of drug-likeness (QED) is 0.819. The molecule has 1 saturated carbocycles. The molecule has 3 N–H and O–H groups in total. The van der Waals surface area contributed by atoms with E-state index in [1.165, 1.54) is 6.20 Å². The number of nitrogens with two attached hydrogens (primary N) is 1. The van der Waals surface area contributed by atoms with Gasteiger partial charge in [-0.3, -0.25) is 4.79 Å². The van der Waals surface area contributed by atoms with Gasteiger partial charge < -0.3 is 25.2 Å². The lowest BCUT2D eigenvalue weighted by Crippen LogP contribution is -2.44. The third-order valence-corrected chi connectivity index (χ3v) is 5.20. The van der Waals surface area contributed by atoms with Crippen molar-refractivity contribution < 1.29 is 9.90 Å². The molecule has 0 radical (unpaired) electrons. The van der Waals surface area contributed by atoms with Crippen molar-refractivity contribution in [3.05, 3.63) is 34.1 Å². The normalized spacial score (nSPS) is 18.7. The van der Waals surface area contributed by atoms with Crippen molar-refractivity contribution in [2.24, 2.45) is 0 Å². The number of piperazine rings is 1. The summed E-state index contributed by atoms with van der Waals surface area (Å²) in [6, 6.07) is 3.88. The van der Waals surface area contributed by atoms with Gasteiger partial charge in [0, 0.05) is 43.8 Å². The monoisotopic (exact) mass is 342 g/mol. The van der Waals surface area contributed by atoms with Gasteiger partial charge in [-0.1, -0.05) is 0 Å². The van der Waals surface area contributed by atoms with E-state index in [2.05, 4.69) is 16.8 Å². The molecule has 7 heteroatoms. The molecule has 0 unspecified atom stereocenters. The van der Waals surface area contributed by atoms with E-state index < -0.39 is 11.4 Å². The number of benzene rings is 1. The first-order valence-corrected chi connectivity index (χ1v) is 8.61. The van der Waals surface area contributed by atoms with E-state index in [9.17, 15) is 14.7 Å². The van der Waals surface area contributed by atoms with Crippen molar-refractivity contribution in [2.45, 2.75) is 18.9 Å². The number of carboxylic acids is 1. The minimum atomic E-state index is -1.19. The second-order valence-corrected chi connectivity index (χ2v) is 7.03. The molecule has 0 spiro atoms. The van der Waals surface area contributed by atoms with Crippen LogP contribution in [-0.2, 0) is 0 Å². The average Bonchev–Trinajstić information content (AvgIpc) is 3.41. The van der Waals surface area contributed by atoms with E-state index in [0.717, 1.165) is 50.2 Å². The molecule has 2 fully saturated rings. The number of nitrogen functional groups attached to an aromatic ring is 1. The Balaban J connectivity index is 1.90. The summed E-state index contributed by atoms with van der Waals surface area (Å²) >= 11 is 0. The summed E-state index contributed by atoms with van der Waals surface area (Å²) in [5.74, 6) is -1.19. The topological polar surface area (TPSA) is 91.8 Å². The molecule has 1 saturated heterocycles. The van der Waals surface area contributed by atoms with E-state index >= 15 is 0 Å². The van der Waals surface area contributed by atoms with E-state index in [4.69, 9.17) is 5.73 Å². The molecule has 2 aromatic rings. The minimum absolute atomic E-state index is 0.189. The number of rotatable bonds is 3. The summed E-state index contributed by atoms with van der Waals surface area (Å²) in [6.07, 6.45) is 3.51. The summed E-state index contributed by atoms with van der Waals surface area (Å²) < 4.78 is 1.94. The molecule has 7 nitrogen and oxygen atoms in total. The van der Waals surface area contributed by atoms with Gasteiger partial charge in [-0.2, -0.15) is 0 Å². The first-order valence-electron chi connectivity index (χ1n) is 8.61. The molecule has 0 bridgehead atoms. The van der Waals surface area contributed by atoms with Crippen molar-refractivity contribution in [3.63, 3.8) is 0 Å². The van der Waals surface area contributed by atoms with Gasteiger partial charge in [0.05, 0.1) is 16.9 Å². The number of pyridine rings is 1. The van der Waals surface area contributed by atoms with Crippen LogP contribution >= 0.6 is 0 Å². The molecule has 1 aromatic heterocycles. The van der Waals surface area contributed by atoms with Gasteiger partial charge in [-0.15, -0.1) is 0 Å². The van der Waals surface area contributed by atoms with Crippen molar-refractivity contribution in [1.29, 1.82) is 0 Å². The fourth-order valence-electron chi connectivity index (χ4n) is 3.53. The molecule has 1 aliphatic carbocycles. The third-order valence-electron chi connectivity index (χ3n) is 5.20. The van der Waals surface area contributed by atoms with Crippen LogP contribution in [-0.4, -0.2) is 53.8 Å². The largest absolute Gasteiger partial charge is 0.477 e. The van der Waals surface area contributed by atoms with E-state index in [1.54, 1.807) is 6.07 Å². The first kappa shape index (κ1) is 16.0. The van der Waals surface area contributed by atoms with Gasteiger partial charge in [0.15, 0.2) is 0 Å². The Morgan fingerprint density at radius 3 is 2.48 bits per heavy atom. The van der Waals surface area contributed by atoms with Gasteiger partial charge in [-0.05, 0) is 32.0 Å². The Hall–Kier alpha value is -2.54. The summed E-state index contributed by atoms with van der Waals surface area (Å²) in [6.45, 7) is 3.69. The number of anilines is 2. The molecule has 0 atom stereocenters. The number of fused-ring (bicyclic) bond motifs is 1. The smallest absolute Gasteiger partial charge is 0.341 e. The molecule has 2 heterocycles. The van der Waals surface area contributed by atoms with Crippen LogP contribution in [0.2, 0.25) is 0 Å². The summed E-state index contributed by atoms with van der Waals surface area (Å²) in [7, 11) is 2.10. The van der Waals surface area contributed by atoms with Crippen LogP contribution in [0.3, 0.4) is 0 Å². The molecule has 1 aliphatic heterocycles. The lowest BCUT2D eigenvalue weighted by Gasteiger charge is -2.35. The Kier molecular flexibility index (Phi) is 3.68. The van der Waals surface area contributed by atoms with E-state index in [1.807, 2.05) is 10.6 Å². The predicted molar refractivity (Wildman–Crippen MR) is 97.6 cm³/mol. The van der Waals surface area contributed by atoms with Crippen molar-refractivity contribution in [3.8, 4) is 0 Å². The van der Waals surface area contributed by atoms with Crippen LogP contribution in [0.15, 0.2) is 23.1 Å². The number of likely N-dealkylation sites (N-methyl/N-ethyl adjacent to an activating group) is 1. The Labute approximate surface area is 145 Å². The van der Waals surface area contributed by atoms with E-state index in [0.29, 0.717) is 11.1 Å². The second kappa shape index (κ2) is 5.77. The highest BCUT2D eigenvalue weighted by atomic mass is 16.4. The molecule has 25 heavy (non-hydrogen) atoms. The molecular formula is C18H22N4O3. The average molecular weight is 342 g/mol. The molecular weight excluding hydrogens is 320 g/mol. The Morgan fingerprint density at radius 1 is 1.20 bits per heavy atom. The van der Waals surface area contributed by atoms with Gasteiger partial charge in [0.2, 0.25) is 5.43 Å². The molecule has 1 aromatic carbocycles. The number of carbonyl (C=O) groups is 1. The van der Waals surface area contributed by atoms with Crippen molar-refractivity contribution in [2.75, 3.05) is 43.9 Å². The van der Waals surface area contributed by atoms with Crippen LogP contribution < -0.4 is 16.1 Å². The Morgan fingerprint density at radius 2 is 1.88 bits per heavy atom. The zero-order valence-electron chi connectivity index (χ0n) is 14.2. The highest BCUT2D eigenvalue weighted by molar-refractivity contribution is 5.96. The third kappa shape index (κ3) is 2.74. The zero-order valence-corrected chi connectivity index (χ0v) is 14.2.